The van der Waals surface area contributed by atoms with Gasteiger partial charge in [-0.2, -0.15) is 0 Å². The fourth-order valence-electron chi connectivity index (χ4n) is 1.72. The van der Waals surface area contributed by atoms with Crippen molar-refractivity contribution in [3.05, 3.63) is 35.4 Å². The normalized spacial score (nSPS) is 18.3. The fourth-order valence-corrected chi connectivity index (χ4v) is 1.72. The predicted octanol–water partition coefficient (Wildman–Crippen LogP) is 0.713. The Balaban J connectivity index is 2.29. The second-order valence-corrected chi connectivity index (χ2v) is 3.49. The first-order valence-corrected chi connectivity index (χ1v) is 4.92. The van der Waals surface area contributed by atoms with E-state index >= 15 is 0 Å². The van der Waals surface area contributed by atoms with E-state index in [-0.39, 0.29) is 5.91 Å². The molecule has 1 aromatic carbocycles. The topological polar surface area (TPSA) is 67.4 Å². The zero-order chi connectivity index (χ0) is 11.5. The van der Waals surface area contributed by atoms with Gasteiger partial charge in [0.1, 0.15) is 6.04 Å². The summed E-state index contributed by atoms with van der Waals surface area (Å²) in [5.74, 6) is -0.218. The summed E-state index contributed by atoms with van der Waals surface area (Å²) in [6, 6.07) is 6.81. The highest BCUT2D eigenvalue weighted by molar-refractivity contribution is 5.88. The highest BCUT2D eigenvalue weighted by atomic mass is 16.5. The summed E-state index contributed by atoms with van der Waals surface area (Å²) in [6.45, 7) is 0.494. The Bertz CT molecular complexity index is 431. The molecular weight excluding hydrogens is 208 g/mol. The number of carbonyl (C=O) groups is 2. The van der Waals surface area contributed by atoms with Crippen LogP contribution in [0.15, 0.2) is 24.3 Å². The zero-order valence-electron chi connectivity index (χ0n) is 8.82. The number of hydrogen-bond acceptors (Lipinski definition) is 3. The minimum atomic E-state index is -0.669. The SMILES string of the molecule is COC(=O)N[C@@H]1C(=O)NCc2ccccc21. The Morgan fingerprint density at radius 1 is 1.50 bits per heavy atom. The van der Waals surface area contributed by atoms with Crippen LogP contribution in [0.2, 0.25) is 0 Å². The fraction of sp³-hybridized carbons (Fsp3) is 0.273. The molecule has 2 N–H and O–H groups in total. The van der Waals surface area contributed by atoms with Crippen molar-refractivity contribution in [3.63, 3.8) is 0 Å². The minimum absolute atomic E-state index is 0.218. The number of ether oxygens (including phenoxy) is 1. The molecule has 0 aliphatic carbocycles. The number of fused-ring (bicyclic) bond motifs is 1. The molecule has 0 fully saturated rings. The van der Waals surface area contributed by atoms with Crippen LogP contribution in [0.1, 0.15) is 17.2 Å². The van der Waals surface area contributed by atoms with E-state index in [0.29, 0.717) is 6.54 Å². The lowest BCUT2D eigenvalue weighted by molar-refractivity contribution is -0.123. The number of nitrogens with one attached hydrogen (secondary N) is 2. The van der Waals surface area contributed by atoms with Crippen LogP contribution >= 0.6 is 0 Å². The van der Waals surface area contributed by atoms with Crippen molar-refractivity contribution >= 4 is 12.0 Å². The summed E-state index contributed by atoms with van der Waals surface area (Å²) < 4.78 is 4.49. The third kappa shape index (κ3) is 1.84. The molecule has 2 amide bonds. The van der Waals surface area contributed by atoms with E-state index in [1.807, 2.05) is 24.3 Å². The molecule has 0 spiro atoms. The van der Waals surface area contributed by atoms with Crippen LogP contribution in [0.25, 0.3) is 0 Å². The van der Waals surface area contributed by atoms with Gasteiger partial charge in [-0.3, -0.25) is 4.79 Å². The van der Waals surface area contributed by atoms with Gasteiger partial charge in [-0.25, -0.2) is 4.79 Å². The van der Waals surface area contributed by atoms with Crippen molar-refractivity contribution in [1.82, 2.24) is 10.6 Å². The largest absolute Gasteiger partial charge is 0.453 e. The first-order valence-electron chi connectivity index (χ1n) is 4.92. The molecule has 0 unspecified atom stereocenters. The third-order valence-electron chi connectivity index (χ3n) is 2.53. The summed E-state index contributed by atoms with van der Waals surface area (Å²) in [4.78, 5) is 22.7. The molecule has 0 aromatic heterocycles. The molecule has 0 saturated heterocycles. The van der Waals surface area contributed by atoms with Crippen LogP contribution in [-0.2, 0) is 16.1 Å². The van der Waals surface area contributed by atoms with Crippen molar-refractivity contribution in [2.45, 2.75) is 12.6 Å². The molecule has 84 valence electrons. The van der Waals surface area contributed by atoms with Gasteiger partial charge >= 0.3 is 6.09 Å². The van der Waals surface area contributed by atoms with Gasteiger partial charge < -0.3 is 15.4 Å². The lowest BCUT2D eigenvalue weighted by Gasteiger charge is -2.25. The van der Waals surface area contributed by atoms with E-state index in [4.69, 9.17) is 0 Å². The average Bonchev–Trinajstić information content (AvgIpc) is 2.32. The Labute approximate surface area is 92.8 Å². The summed E-state index contributed by atoms with van der Waals surface area (Å²) in [7, 11) is 1.27. The Morgan fingerprint density at radius 3 is 3.00 bits per heavy atom. The predicted molar refractivity (Wildman–Crippen MR) is 56.6 cm³/mol. The number of rotatable bonds is 1. The summed E-state index contributed by atoms with van der Waals surface area (Å²) >= 11 is 0. The van der Waals surface area contributed by atoms with Gasteiger partial charge in [0.15, 0.2) is 0 Å². The van der Waals surface area contributed by atoms with Crippen LogP contribution in [0, 0.1) is 0 Å². The van der Waals surface area contributed by atoms with Gasteiger partial charge in [0, 0.05) is 6.54 Å². The standard InChI is InChI=1S/C11H12N2O3/c1-16-11(15)13-9-8-5-3-2-4-7(8)6-12-10(9)14/h2-5,9H,6H2,1H3,(H,12,14)(H,13,15)/t9-/m0/s1. The Morgan fingerprint density at radius 2 is 2.25 bits per heavy atom. The number of benzene rings is 1. The van der Waals surface area contributed by atoms with Gasteiger partial charge in [-0.15, -0.1) is 0 Å². The maximum Gasteiger partial charge on any atom is 0.407 e. The summed E-state index contributed by atoms with van der Waals surface area (Å²) in [5, 5.41) is 5.21. The maximum absolute atomic E-state index is 11.6. The second-order valence-electron chi connectivity index (χ2n) is 3.49. The lowest BCUT2D eigenvalue weighted by Crippen LogP contribution is -2.43. The third-order valence-corrected chi connectivity index (χ3v) is 2.53. The quantitative estimate of drug-likeness (QED) is 0.732. The van der Waals surface area contributed by atoms with Crippen LogP contribution in [0.4, 0.5) is 4.79 Å². The molecule has 2 rings (SSSR count). The van der Waals surface area contributed by atoms with E-state index in [9.17, 15) is 9.59 Å². The van der Waals surface area contributed by atoms with E-state index in [1.54, 1.807) is 0 Å². The molecule has 16 heavy (non-hydrogen) atoms. The molecule has 0 radical (unpaired) electrons. The molecule has 0 bridgehead atoms. The van der Waals surface area contributed by atoms with E-state index in [1.165, 1.54) is 7.11 Å². The number of carbonyl (C=O) groups excluding carboxylic acids is 2. The minimum Gasteiger partial charge on any atom is -0.453 e. The van der Waals surface area contributed by atoms with Crippen molar-refractivity contribution in [2.24, 2.45) is 0 Å². The molecule has 1 aliphatic heterocycles. The highest BCUT2D eigenvalue weighted by Crippen LogP contribution is 2.22. The number of alkyl carbamates (subject to hydrolysis) is 1. The van der Waals surface area contributed by atoms with Crippen LogP contribution in [0.3, 0.4) is 0 Å². The summed E-state index contributed by atoms with van der Waals surface area (Å²) in [5.41, 5.74) is 1.82. The van der Waals surface area contributed by atoms with Gasteiger partial charge in [-0.05, 0) is 11.1 Å². The smallest absolute Gasteiger partial charge is 0.407 e. The molecular formula is C11H12N2O3. The van der Waals surface area contributed by atoms with Crippen LogP contribution in [0.5, 0.6) is 0 Å². The van der Waals surface area contributed by atoms with Gasteiger partial charge in [0.2, 0.25) is 5.91 Å². The van der Waals surface area contributed by atoms with Crippen molar-refractivity contribution in [2.75, 3.05) is 7.11 Å². The molecule has 1 aromatic rings. The van der Waals surface area contributed by atoms with Crippen molar-refractivity contribution < 1.29 is 14.3 Å². The van der Waals surface area contributed by atoms with Crippen LogP contribution < -0.4 is 10.6 Å². The average molecular weight is 220 g/mol. The number of amides is 2. The van der Waals surface area contributed by atoms with Crippen molar-refractivity contribution in [3.8, 4) is 0 Å². The second kappa shape index (κ2) is 4.22. The number of hydrogen-bond donors (Lipinski definition) is 2. The molecule has 5 heteroatoms. The summed E-state index contributed by atoms with van der Waals surface area (Å²) in [6.07, 6.45) is -0.614. The first kappa shape index (κ1) is 10.5. The first-order chi connectivity index (χ1) is 7.72. The maximum atomic E-state index is 11.6. The highest BCUT2D eigenvalue weighted by Gasteiger charge is 2.28. The van der Waals surface area contributed by atoms with E-state index in [2.05, 4.69) is 15.4 Å². The zero-order valence-corrected chi connectivity index (χ0v) is 8.82. The van der Waals surface area contributed by atoms with E-state index in [0.717, 1.165) is 11.1 Å². The molecule has 1 aliphatic rings. The Hall–Kier alpha value is -2.04. The van der Waals surface area contributed by atoms with Crippen molar-refractivity contribution in [1.29, 1.82) is 0 Å². The molecule has 1 heterocycles. The van der Waals surface area contributed by atoms with Crippen LogP contribution in [-0.4, -0.2) is 19.1 Å². The lowest BCUT2D eigenvalue weighted by atomic mass is 9.96. The molecule has 1 atom stereocenters. The van der Waals surface area contributed by atoms with Gasteiger partial charge in [-0.1, -0.05) is 24.3 Å². The monoisotopic (exact) mass is 220 g/mol. The number of methoxy groups -OCH3 is 1. The molecule has 0 saturated carbocycles. The Kier molecular flexibility index (Phi) is 2.76. The van der Waals surface area contributed by atoms with Gasteiger partial charge in [0.25, 0.3) is 0 Å². The molecule has 5 nitrogen and oxygen atoms in total. The van der Waals surface area contributed by atoms with Gasteiger partial charge in [0.05, 0.1) is 7.11 Å². The van der Waals surface area contributed by atoms with E-state index < -0.39 is 12.1 Å².